The van der Waals surface area contributed by atoms with Crippen LogP contribution in [0.25, 0.3) is 0 Å². The van der Waals surface area contributed by atoms with E-state index in [1.165, 1.54) is 32.2 Å². The van der Waals surface area contributed by atoms with Crippen molar-refractivity contribution < 1.29 is 4.74 Å². The molecule has 2 fully saturated rings. The minimum absolute atomic E-state index is 0. The van der Waals surface area contributed by atoms with E-state index in [0.29, 0.717) is 6.54 Å². The molecule has 1 atom stereocenters. The zero-order valence-electron chi connectivity index (χ0n) is 10.9. The molecule has 2 aliphatic rings. The predicted molar refractivity (Wildman–Crippen MR) is 73.6 cm³/mol. The Morgan fingerprint density at radius 2 is 1.94 bits per heavy atom. The highest BCUT2D eigenvalue weighted by Crippen LogP contribution is 2.29. The van der Waals surface area contributed by atoms with E-state index in [9.17, 15) is 0 Å². The quantitative estimate of drug-likeness (QED) is 0.844. The zero-order valence-corrected chi connectivity index (χ0v) is 11.8. The summed E-state index contributed by atoms with van der Waals surface area (Å²) in [6.45, 7) is 7.33. The summed E-state index contributed by atoms with van der Waals surface area (Å²) < 4.78 is 5.60. The Morgan fingerprint density at radius 1 is 1.24 bits per heavy atom. The van der Waals surface area contributed by atoms with Crippen molar-refractivity contribution in [1.29, 1.82) is 0 Å². The van der Waals surface area contributed by atoms with Crippen molar-refractivity contribution in [2.24, 2.45) is 17.6 Å². The van der Waals surface area contributed by atoms with E-state index in [4.69, 9.17) is 10.5 Å². The van der Waals surface area contributed by atoms with Gasteiger partial charge in [-0.05, 0) is 24.7 Å². The molecule has 102 valence electrons. The number of rotatable bonds is 3. The van der Waals surface area contributed by atoms with Gasteiger partial charge in [0.1, 0.15) is 0 Å². The molecular weight excluding hydrogens is 236 g/mol. The summed E-state index contributed by atoms with van der Waals surface area (Å²) in [5.74, 6) is 1.88. The highest BCUT2D eigenvalue weighted by atomic mass is 35.5. The van der Waals surface area contributed by atoms with Crippen molar-refractivity contribution in [1.82, 2.24) is 4.90 Å². The second-order valence-corrected chi connectivity index (χ2v) is 5.61. The molecular formula is C13H27ClN2O. The maximum absolute atomic E-state index is 5.67. The van der Waals surface area contributed by atoms with Crippen LogP contribution in [0, 0.1) is 11.8 Å². The third kappa shape index (κ3) is 4.74. The molecule has 0 radical (unpaired) electrons. The van der Waals surface area contributed by atoms with Gasteiger partial charge in [-0.1, -0.05) is 19.8 Å². The topological polar surface area (TPSA) is 38.5 Å². The summed E-state index contributed by atoms with van der Waals surface area (Å²) in [4.78, 5) is 2.56. The number of hydrogen-bond donors (Lipinski definition) is 1. The lowest BCUT2D eigenvalue weighted by molar-refractivity contribution is -0.0298. The zero-order chi connectivity index (χ0) is 11.4. The highest BCUT2D eigenvalue weighted by molar-refractivity contribution is 5.85. The lowest BCUT2D eigenvalue weighted by Gasteiger charge is -2.36. The van der Waals surface area contributed by atoms with Crippen molar-refractivity contribution in [3.63, 3.8) is 0 Å². The van der Waals surface area contributed by atoms with Crippen molar-refractivity contribution in [2.75, 3.05) is 32.8 Å². The van der Waals surface area contributed by atoms with Gasteiger partial charge >= 0.3 is 0 Å². The minimum atomic E-state index is 0. The number of morpholine rings is 1. The molecule has 0 bridgehead atoms. The lowest BCUT2D eigenvalue weighted by atomic mass is 9.83. The third-order valence-corrected chi connectivity index (χ3v) is 4.14. The first kappa shape index (κ1) is 15.2. The van der Waals surface area contributed by atoms with Crippen molar-refractivity contribution in [2.45, 2.75) is 38.7 Å². The van der Waals surface area contributed by atoms with E-state index in [1.54, 1.807) is 0 Å². The Morgan fingerprint density at radius 3 is 2.59 bits per heavy atom. The molecule has 1 saturated heterocycles. The van der Waals surface area contributed by atoms with Crippen molar-refractivity contribution in [3.8, 4) is 0 Å². The summed E-state index contributed by atoms with van der Waals surface area (Å²) in [5, 5.41) is 0. The summed E-state index contributed by atoms with van der Waals surface area (Å²) >= 11 is 0. The Labute approximate surface area is 111 Å². The Balaban J connectivity index is 0.00000144. The molecule has 0 aromatic carbocycles. The average Bonchev–Trinajstić information content (AvgIpc) is 2.32. The fourth-order valence-electron chi connectivity index (χ4n) is 2.97. The summed E-state index contributed by atoms with van der Waals surface area (Å²) in [7, 11) is 0. The van der Waals surface area contributed by atoms with E-state index in [-0.39, 0.29) is 18.5 Å². The largest absolute Gasteiger partial charge is 0.374 e. The second-order valence-electron chi connectivity index (χ2n) is 5.61. The van der Waals surface area contributed by atoms with Crippen molar-refractivity contribution in [3.05, 3.63) is 0 Å². The van der Waals surface area contributed by atoms with E-state index >= 15 is 0 Å². The molecule has 1 aliphatic heterocycles. The van der Waals surface area contributed by atoms with Gasteiger partial charge in [-0.25, -0.2) is 0 Å². The molecule has 0 spiro atoms. The summed E-state index contributed by atoms with van der Waals surface area (Å²) in [6, 6.07) is 0. The van der Waals surface area contributed by atoms with E-state index in [2.05, 4.69) is 11.8 Å². The molecule has 0 aromatic heterocycles. The average molecular weight is 263 g/mol. The van der Waals surface area contributed by atoms with Crippen LogP contribution in [0.4, 0.5) is 0 Å². The highest BCUT2D eigenvalue weighted by Gasteiger charge is 2.24. The van der Waals surface area contributed by atoms with Crippen molar-refractivity contribution >= 4 is 12.4 Å². The lowest BCUT2D eigenvalue weighted by Crippen LogP contribution is -2.47. The first-order valence-electron chi connectivity index (χ1n) is 6.82. The van der Waals surface area contributed by atoms with Gasteiger partial charge in [-0.15, -0.1) is 12.4 Å². The number of nitrogens with two attached hydrogens (primary N) is 1. The number of hydrogen-bond acceptors (Lipinski definition) is 3. The van der Waals surface area contributed by atoms with E-state index < -0.39 is 0 Å². The molecule has 1 unspecified atom stereocenters. The number of ether oxygens (including phenoxy) is 1. The smallest absolute Gasteiger partial charge is 0.0824 e. The SMILES string of the molecule is CC1CCC(CN2CCOC(CN)C2)CC1.Cl. The number of nitrogens with zero attached hydrogens (tertiary/aromatic N) is 1. The van der Waals surface area contributed by atoms with E-state index in [0.717, 1.165) is 31.5 Å². The third-order valence-electron chi connectivity index (χ3n) is 4.14. The maximum Gasteiger partial charge on any atom is 0.0824 e. The van der Waals surface area contributed by atoms with Crippen LogP contribution in [0.1, 0.15) is 32.6 Å². The molecule has 2 N–H and O–H groups in total. The van der Waals surface area contributed by atoms with Crippen LogP contribution >= 0.6 is 12.4 Å². The summed E-state index contributed by atoms with van der Waals surface area (Å²) in [5.41, 5.74) is 5.67. The fourth-order valence-corrected chi connectivity index (χ4v) is 2.97. The molecule has 1 saturated carbocycles. The van der Waals surface area contributed by atoms with E-state index in [1.807, 2.05) is 0 Å². The Kier molecular flexibility index (Phi) is 6.78. The van der Waals surface area contributed by atoms with Gasteiger partial charge in [0.2, 0.25) is 0 Å². The van der Waals surface area contributed by atoms with Gasteiger partial charge < -0.3 is 10.5 Å². The minimum Gasteiger partial charge on any atom is -0.374 e. The molecule has 3 nitrogen and oxygen atoms in total. The normalized spacial score (nSPS) is 35.3. The first-order chi connectivity index (χ1) is 7.78. The van der Waals surface area contributed by atoms with Gasteiger partial charge in [0, 0.05) is 26.2 Å². The van der Waals surface area contributed by atoms with Gasteiger partial charge in [0.25, 0.3) is 0 Å². The molecule has 2 rings (SSSR count). The van der Waals surface area contributed by atoms with Crippen LogP contribution in [0.15, 0.2) is 0 Å². The Bertz CT molecular complexity index is 208. The van der Waals surface area contributed by atoms with Gasteiger partial charge in [-0.2, -0.15) is 0 Å². The summed E-state index contributed by atoms with van der Waals surface area (Å²) in [6.07, 6.45) is 5.97. The maximum atomic E-state index is 5.67. The van der Waals surface area contributed by atoms with Crippen LogP contribution in [0.5, 0.6) is 0 Å². The van der Waals surface area contributed by atoms with Crippen LogP contribution in [0.2, 0.25) is 0 Å². The van der Waals surface area contributed by atoms with Crippen LogP contribution < -0.4 is 5.73 Å². The first-order valence-corrected chi connectivity index (χ1v) is 6.82. The standard InChI is InChI=1S/C13H26N2O.ClH/c1-11-2-4-12(5-3-11)9-15-6-7-16-13(8-14)10-15;/h11-13H,2-10,14H2,1H3;1H. The van der Waals surface area contributed by atoms with Crippen LogP contribution in [-0.4, -0.2) is 43.8 Å². The molecule has 17 heavy (non-hydrogen) atoms. The van der Waals surface area contributed by atoms with Crippen LogP contribution in [0.3, 0.4) is 0 Å². The monoisotopic (exact) mass is 262 g/mol. The van der Waals surface area contributed by atoms with Gasteiger partial charge in [-0.3, -0.25) is 4.90 Å². The second kappa shape index (κ2) is 7.57. The molecule has 0 aromatic rings. The van der Waals surface area contributed by atoms with Crippen LogP contribution in [-0.2, 0) is 4.74 Å². The molecule has 0 amide bonds. The number of halogens is 1. The molecule has 4 heteroatoms. The molecule has 1 aliphatic carbocycles. The van der Waals surface area contributed by atoms with Gasteiger partial charge in [0.15, 0.2) is 0 Å². The van der Waals surface area contributed by atoms with Gasteiger partial charge in [0.05, 0.1) is 12.7 Å². The fraction of sp³-hybridized carbons (Fsp3) is 1.00. The molecule has 1 heterocycles. The Hall–Kier alpha value is 0.170. The predicted octanol–water partition coefficient (Wildman–Crippen LogP) is 1.89.